The van der Waals surface area contributed by atoms with Gasteiger partial charge in [0.2, 0.25) is 5.91 Å². The Bertz CT molecular complexity index is 449. The molecule has 0 heterocycles. The van der Waals surface area contributed by atoms with Crippen molar-refractivity contribution in [2.75, 3.05) is 6.54 Å². The molecule has 5 heteroatoms. The van der Waals surface area contributed by atoms with Crippen LogP contribution >= 0.6 is 27.5 Å². The second-order valence-electron chi connectivity index (χ2n) is 4.90. The fourth-order valence-corrected chi connectivity index (χ4v) is 2.41. The summed E-state index contributed by atoms with van der Waals surface area (Å²) < 4.78 is 0.867. The quantitative estimate of drug-likeness (QED) is 0.887. The maximum absolute atomic E-state index is 12.3. The van der Waals surface area contributed by atoms with Gasteiger partial charge in [-0.3, -0.25) is 4.79 Å². The Hall–Kier alpha value is -0.580. The molecule has 19 heavy (non-hydrogen) atoms. The van der Waals surface area contributed by atoms with Crippen LogP contribution in [0.4, 0.5) is 0 Å². The van der Waals surface area contributed by atoms with Crippen LogP contribution in [0.25, 0.3) is 0 Å². The van der Waals surface area contributed by atoms with Crippen molar-refractivity contribution in [3.05, 3.63) is 33.3 Å². The van der Waals surface area contributed by atoms with Crippen LogP contribution in [0, 0.1) is 0 Å². The Kier molecular flexibility index (Phi) is 6.30. The highest BCUT2D eigenvalue weighted by Gasteiger charge is 2.19. The number of benzene rings is 1. The Labute approximate surface area is 127 Å². The lowest BCUT2D eigenvalue weighted by Gasteiger charge is -2.28. The van der Waals surface area contributed by atoms with Crippen molar-refractivity contribution >= 4 is 33.4 Å². The molecule has 1 atom stereocenters. The van der Waals surface area contributed by atoms with Gasteiger partial charge in [-0.1, -0.05) is 27.5 Å². The zero-order chi connectivity index (χ0) is 14.6. The van der Waals surface area contributed by atoms with Crippen LogP contribution in [0.3, 0.4) is 0 Å². The molecule has 1 unspecified atom stereocenters. The van der Waals surface area contributed by atoms with E-state index in [0.717, 1.165) is 10.0 Å². The summed E-state index contributed by atoms with van der Waals surface area (Å²) in [6.07, 6.45) is -0.263. The third-order valence-electron chi connectivity index (χ3n) is 2.75. The minimum absolute atomic E-state index is 0.0149. The average molecular weight is 349 g/mol. The number of amides is 1. The van der Waals surface area contributed by atoms with Crippen LogP contribution in [-0.4, -0.2) is 34.6 Å². The molecule has 3 nitrogen and oxygen atoms in total. The van der Waals surface area contributed by atoms with Gasteiger partial charge in [0.1, 0.15) is 0 Å². The molecule has 1 aromatic carbocycles. The fourth-order valence-electron chi connectivity index (χ4n) is 1.83. The first-order valence-corrected chi connectivity index (χ1v) is 7.39. The van der Waals surface area contributed by atoms with Gasteiger partial charge in [-0.25, -0.2) is 0 Å². The lowest BCUT2D eigenvalue weighted by molar-refractivity contribution is -0.133. The summed E-state index contributed by atoms with van der Waals surface area (Å²) >= 11 is 9.36. The van der Waals surface area contributed by atoms with Gasteiger partial charge in [0.05, 0.1) is 12.5 Å². The second kappa shape index (κ2) is 7.27. The molecule has 0 fully saturated rings. The molecular weight excluding hydrogens is 330 g/mol. The summed E-state index contributed by atoms with van der Waals surface area (Å²) in [7, 11) is 0. The SMILES string of the molecule is CC(O)CN(C(=O)Cc1cc(Cl)ccc1Br)C(C)C. The van der Waals surface area contributed by atoms with Crippen molar-refractivity contribution < 1.29 is 9.90 Å². The van der Waals surface area contributed by atoms with E-state index >= 15 is 0 Å². The van der Waals surface area contributed by atoms with Crippen LogP contribution < -0.4 is 0 Å². The molecule has 0 aromatic heterocycles. The number of carbonyl (C=O) groups is 1. The lowest BCUT2D eigenvalue weighted by atomic mass is 10.1. The highest BCUT2D eigenvalue weighted by atomic mass is 79.9. The van der Waals surface area contributed by atoms with E-state index in [9.17, 15) is 9.90 Å². The molecule has 106 valence electrons. The Morgan fingerprint density at radius 3 is 2.58 bits per heavy atom. The minimum Gasteiger partial charge on any atom is -0.392 e. The smallest absolute Gasteiger partial charge is 0.227 e. The van der Waals surface area contributed by atoms with Crippen LogP contribution in [0.15, 0.2) is 22.7 Å². The molecule has 1 rings (SSSR count). The topological polar surface area (TPSA) is 40.5 Å². The van der Waals surface area contributed by atoms with Gasteiger partial charge >= 0.3 is 0 Å². The molecule has 0 aliphatic heterocycles. The van der Waals surface area contributed by atoms with E-state index in [1.54, 1.807) is 24.0 Å². The number of hydrogen-bond acceptors (Lipinski definition) is 2. The first-order valence-electron chi connectivity index (χ1n) is 6.22. The van der Waals surface area contributed by atoms with E-state index in [2.05, 4.69) is 15.9 Å². The minimum atomic E-state index is -0.533. The fraction of sp³-hybridized carbons (Fsp3) is 0.500. The molecule has 0 radical (unpaired) electrons. The van der Waals surface area contributed by atoms with Crippen LogP contribution in [0.5, 0.6) is 0 Å². The number of hydrogen-bond donors (Lipinski definition) is 1. The Balaban J connectivity index is 2.84. The van der Waals surface area contributed by atoms with Crippen LogP contribution in [0.1, 0.15) is 26.3 Å². The first kappa shape index (κ1) is 16.5. The van der Waals surface area contributed by atoms with E-state index in [1.165, 1.54) is 0 Å². The molecule has 1 amide bonds. The van der Waals surface area contributed by atoms with E-state index < -0.39 is 6.10 Å². The number of aliphatic hydroxyl groups is 1. The van der Waals surface area contributed by atoms with Crippen molar-refractivity contribution in [1.82, 2.24) is 4.90 Å². The van der Waals surface area contributed by atoms with Gasteiger partial charge in [-0.15, -0.1) is 0 Å². The average Bonchev–Trinajstić information content (AvgIpc) is 2.30. The highest BCUT2D eigenvalue weighted by molar-refractivity contribution is 9.10. The summed E-state index contributed by atoms with van der Waals surface area (Å²) in [5.41, 5.74) is 0.855. The number of carbonyl (C=O) groups excluding carboxylic acids is 1. The number of aliphatic hydroxyl groups excluding tert-OH is 1. The van der Waals surface area contributed by atoms with E-state index in [0.29, 0.717) is 11.6 Å². The van der Waals surface area contributed by atoms with E-state index in [-0.39, 0.29) is 18.4 Å². The Morgan fingerprint density at radius 2 is 2.05 bits per heavy atom. The molecular formula is C14H19BrClNO2. The summed E-state index contributed by atoms with van der Waals surface area (Å²) in [5, 5.41) is 10.1. The zero-order valence-electron chi connectivity index (χ0n) is 11.4. The molecule has 0 saturated heterocycles. The van der Waals surface area contributed by atoms with Crippen molar-refractivity contribution in [1.29, 1.82) is 0 Å². The molecule has 0 bridgehead atoms. The van der Waals surface area contributed by atoms with Gasteiger partial charge in [-0.2, -0.15) is 0 Å². The van der Waals surface area contributed by atoms with Gasteiger partial charge in [0, 0.05) is 22.1 Å². The predicted octanol–water partition coefficient (Wildman–Crippen LogP) is 3.26. The third kappa shape index (κ3) is 5.13. The van der Waals surface area contributed by atoms with Crippen molar-refractivity contribution in [3.8, 4) is 0 Å². The monoisotopic (exact) mass is 347 g/mol. The normalized spacial score (nSPS) is 12.6. The van der Waals surface area contributed by atoms with Gasteiger partial charge < -0.3 is 10.0 Å². The number of nitrogens with zero attached hydrogens (tertiary/aromatic N) is 1. The maximum atomic E-state index is 12.3. The third-order valence-corrected chi connectivity index (χ3v) is 3.76. The summed E-state index contributed by atoms with van der Waals surface area (Å²) in [4.78, 5) is 14.0. The zero-order valence-corrected chi connectivity index (χ0v) is 13.7. The summed E-state index contributed by atoms with van der Waals surface area (Å²) in [6, 6.07) is 5.44. The number of halogens is 2. The first-order chi connectivity index (χ1) is 8.81. The molecule has 0 saturated carbocycles. The van der Waals surface area contributed by atoms with Crippen molar-refractivity contribution in [2.45, 2.75) is 39.3 Å². The second-order valence-corrected chi connectivity index (χ2v) is 6.19. The van der Waals surface area contributed by atoms with Crippen LogP contribution in [0.2, 0.25) is 5.02 Å². The number of rotatable bonds is 5. The van der Waals surface area contributed by atoms with Crippen LogP contribution in [-0.2, 0) is 11.2 Å². The van der Waals surface area contributed by atoms with E-state index in [1.807, 2.05) is 19.9 Å². The molecule has 0 aliphatic rings. The standard InChI is InChI=1S/C14H19BrClNO2/c1-9(2)17(8-10(3)18)14(19)7-11-6-12(16)4-5-13(11)15/h4-6,9-10,18H,7-8H2,1-3H3. The largest absolute Gasteiger partial charge is 0.392 e. The van der Waals surface area contributed by atoms with E-state index in [4.69, 9.17) is 11.6 Å². The molecule has 0 aliphatic carbocycles. The summed E-state index contributed by atoms with van der Waals surface area (Å²) in [5.74, 6) is -0.0149. The summed E-state index contributed by atoms with van der Waals surface area (Å²) in [6.45, 7) is 5.90. The van der Waals surface area contributed by atoms with Crippen molar-refractivity contribution in [2.24, 2.45) is 0 Å². The molecule has 0 spiro atoms. The van der Waals surface area contributed by atoms with Gasteiger partial charge in [0.25, 0.3) is 0 Å². The predicted molar refractivity (Wildman–Crippen MR) is 81.4 cm³/mol. The van der Waals surface area contributed by atoms with Crippen molar-refractivity contribution in [3.63, 3.8) is 0 Å². The Morgan fingerprint density at radius 1 is 1.42 bits per heavy atom. The van der Waals surface area contributed by atoms with Gasteiger partial charge in [-0.05, 0) is 44.5 Å². The molecule has 1 aromatic rings. The van der Waals surface area contributed by atoms with Gasteiger partial charge in [0.15, 0.2) is 0 Å². The lowest BCUT2D eigenvalue weighted by Crippen LogP contribution is -2.42. The molecule has 1 N–H and O–H groups in total. The maximum Gasteiger partial charge on any atom is 0.227 e. The highest BCUT2D eigenvalue weighted by Crippen LogP contribution is 2.22.